The zero-order valence-electron chi connectivity index (χ0n) is 16.0. The fourth-order valence-corrected chi connectivity index (χ4v) is 2.80. The minimum absolute atomic E-state index is 0.00802. The van der Waals surface area contributed by atoms with E-state index in [4.69, 9.17) is 26.4 Å². The molecule has 1 fully saturated rings. The highest BCUT2D eigenvalue weighted by molar-refractivity contribution is 7.80. The first-order chi connectivity index (χ1) is 14.0. The largest absolute Gasteiger partial charge is 0.493 e. The SMILES string of the molecule is COc1cc(C=C2C(=O)NC(=S)NC2=O)ccc1OCCOc1ccc(C)cc1. The zero-order valence-corrected chi connectivity index (χ0v) is 16.8. The van der Waals surface area contributed by atoms with Gasteiger partial charge >= 0.3 is 0 Å². The van der Waals surface area contributed by atoms with Gasteiger partial charge in [-0.2, -0.15) is 0 Å². The number of nitrogens with one attached hydrogen (secondary N) is 2. The number of ether oxygens (including phenoxy) is 3. The molecule has 2 N–H and O–H groups in total. The van der Waals surface area contributed by atoms with Crippen LogP contribution in [0.3, 0.4) is 0 Å². The highest BCUT2D eigenvalue weighted by Gasteiger charge is 2.25. The molecular weight excluding hydrogens is 392 g/mol. The van der Waals surface area contributed by atoms with Crippen LogP contribution in [0.4, 0.5) is 0 Å². The van der Waals surface area contributed by atoms with Gasteiger partial charge in [-0.15, -0.1) is 0 Å². The maximum atomic E-state index is 12.0. The summed E-state index contributed by atoms with van der Waals surface area (Å²) in [5.41, 5.74) is 1.73. The van der Waals surface area contributed by atoms with E-state index in [0.29, 0.717) is 30.3 Å². The second-order valence-electron chi connectivity index (χ2n) is 6.22. The Hall–Kier alpha value is -3.39. The summed E-state index contributed by atoms with van der Waals surface area (Å²) in [6, 6.07) is 12.9. The van der Waals surface area contributed by atoms with E-state index in [1.54, 1.807) is 18.2 Å². The molecular formula is C21H20N2O5S. The summed E-state index contributed by atoms with van der Waals surface area (Å²) in [4.78, 5) is 23.9. The lowest BCUT2D eigenvalue weighted by atomic mass is 10.1. The summed E-state index contributed by atoms with van der Waals surface area (Å²) in [6.07, 6.45) is 1.46. The topological polar surface area (TPSA) is 85.9 Å². The van der Waals surface area contributed by atoms with Gasteiger partial charge in [0.15, 0.2) is 16.6 Å². The molecule has 0 aromatic heterocycles. The van der Waals surface area contributed by atoms with Crippen molar-refractivity contribution in [3.8, 4) is 17.2 Å². The van der Waals surface area contributed by atoms with Gasteiger partial charge in [0.2, 0.25) is 0 Å². The van der Waals surface area contributed by atoms with Crippen molar-refractivity contribution in [2.75, 3.05) is 20.3 Å². The van der Waals surface area contributed by atoms with Crippen molar-refractivity contribution < 1.29 is 23.8 Å². The van der Waals surface area contributed by atoms with E-state index in [2.05, 4.69) is 10.6 Å². The van der Waals surface area contributed by atoms with Crippen molar-refractivity contribution in [3.63, 3.8) is 0 Å². The Bertz CT molecular complexity index is 948. The third kappa shape index (κ3) is 5.32. The highest BCUT2D eigenvalue weighted by atomic mass is 32.1. The van der Waals surface area contributed by atoms with Crippen molar-refractivity contribution >= 4 is 35.2 Å². The number of thiocarbonyl (C=S) groups is 1. The quantitative estimate of drug-likeness (QED) is 0.314. The van der Waals surface area contributed by atoms with Crippen LogP contribution < -0.4 is 24.8 Å². The van der Waals surface area contributed by atoms with Crippen LogP contribution in [0.25, 0.3) is 6.08 Å². The molecule has 0 radical (unpaired) electrons. The summed E-state index contributed by atoms with van der Waals surface area (Å²) in [5.74, 6) is 0.678. The second kappa shape index (κ2) is 9.20. The molecule has 0 spiro atoms. The minimum atomic E-state index is -0.550. The molecule has 29 heavy (non-hydrogen) atoms. The maximum absolute atomic E-state index is 12.0. The Morgan fingerprint density at radius 3 is 2.24 bits per heavy atom. The van der Waals surface area contributed by atoms with Crippen molar-refractivity contribution in [2.24, 2.45) is 0 Å². The number of hydrogen-bond acceptors (Lipinski definition) is 6. The van der Waals surface area contributed by atoms with Gasteiger partial charge in [0, 0.05) is 0 Å². The Labute approximate surface area is 173 Å². The molecule has 0 bridgehead atoms. The van der Waals surface area contributed by atoms with Crippen LogP contribution in [-0.2, 0) is 9.59 Å². The normalized spacial score (nSPS) is 13.4. The Morgan fingerprint density at radius 1 is 0.931 bits per heavy atom. The van der Waals surface area contributed by atoms with Crippen LogP contribution in [0.2, 0.25) is 0 Å². The van der Waals surface area contributed by atoms with Crippen LogP contribution in [0, 0.1) is 6.92 Å². The minimum Gasteiger partial charge on any atom is -0.493 e. The molecule has 2 amide bonds. The third-order valence-corrected chi connectivity index (χ3v) is 4.28. The zero-order chi connectivity index (χ0) is 20.8. The fourth-order valence-electron chi connectivity index (χ4n) is 2.61. The first kappa shape index (κ1) is 20.3. The number of carbonyl (C=O) groups is 2. The molecule has 150 valence electrons. The lowest BCUT2D eigenvalue weighted by Crippen LogP contribution is -2.51. The monoisotopic (exact) mass is 412 g/mol. The van der Waals surface area contributed by atoms with E-state index in [1.165, 1.54) is 18.7 Å². The molecule has 1 aliphatic heterocycles. The molecule has 0 atom stereocenters. The average molecular weight is 412 g/mol. The van der Waals surface area contributed by atoms with E-state index in [-0.39, 0.29) is 10.7 Å². The van der Waals surface area contributed by atoms with Gasteiger partial charge in [-0.3, -0.25) is 20.2 Å². The Balaban J connectivity index is 1.63. The highest BCUT2D eigenvalue weighted by Crippen LogP contribution is 2.29. The molecule has 1 aliphatic rings. The van der Waals surface area contributed by atoms with Gasteiger partial charge in [0.1, 0.15) is 24.5 Å². The molecule has 2 aromatic rings. The first-order valence-electron chi connectivity index (χ1n) is 8.85. The molecule has 1 heterocycles. The van der Waals surface area contributed by atoms with Gasteiger partial charge in [-0.05, 0) is 55.0 Å². The summed E-state index contributed by atoms with van der Waals surface area (Å²) in [6.45, 7) is 2.71. The van der Waals surface area contributed by atoms with Gasteiger partial charge in [0.25, 0.3) is 11.8 Å². The smallest absolute Gasteiger partial charge is 0.263 e. The van der Waals surface area contributed by atoms with E-state index < -0.39 is 11.8 Å². The number of benzene rings is 2. The number of rotatable bonds is 7. The van der Waals surface area contributed by atoms with Crippen molar-refractivity contribution in [1.29, 1.82) is 0 Å². The van der Waals surface area contributed by atoms with Gasteiger partial charge in [0.05, 0.1) is 7.11 Å². The summed E-state index contributed by atoms with van der Waals surface area (Å²) >= 11 is 4.78. The van der Waals surface area contributed by atoms with Crippen LogP contribution in [0.5, 0.6) is 17.2 Å². The molecule has 1 saturated heterocycles. The van der Waals surface area contributed by atoms with Crippen LogP contribution in [0.15, 0.2) is 48.0 Å². The van der Waals surface area contributed by atoms with E-state index in [1.807, 2.05) is 31.2 Å². The van der Waals surface area contributed by atoms with Crippen LogP contribution in [-0.4, -0.2) is 37.3 Å². The lowest BCUT2D eigenvalue weighted by molar-refractivity contribution is -0.123. The molecule has 7 nitrogen and oxygen atoms in total. The van der Waals surface area contributed by atoms with Gasteiger partial charge in [-0.1, -0.05) is 23.8 Å². The molecule has 3 rings (SSSR count). The Kier molecular flexibility index (Phi) is 6.46. The van der Waals surface area contributed by atoms with Crippen LogP contribution >= 0.6 is 12.2 Å². The number of amides is 2. The molecule has 0 aliphatic carbocycles. The van der Waals surface area contributed by atoms with E-state index >= 15 is 0 Å². The predicted molar refractivity (Wildman–Crippen MR) is 112 cm³/mol. The summed E-state index contributed by atoms with van der Waals surface area (Å²) in [7, 11) is 1.51. The maximum Gasteiger partial charge on any atom is 0.263 e. The van der Waals surface area contributed by atoms with E-state index in [9.17, 15) is 9.59 Å². The number of aryl methyl sites for hydroxylation is 1. The third-order valence-electron chi connectivity index (χ3n) is 4.07. The van der Waals surface area contributed by atoms with Gasteiger partial charge < -0.3 is 14.2 Å². The average Bonchev–Trinajstić information content (AvgIpc) is 2.70. The van der Waals surface area contributed by atoms with Crippen molar-refractivity contribution in [1.82, 2.24) is 10.6 Å². The standard InChI is InChI=1S/C21H20N2O5S/c1-13-3-6-15(7-4-13)27-9-10-28-17-8-5-14(12-18(17)26-2)11-16-19(24)22-21(29)23-20(16)25/h3-8,11-12H,9-10H2,1-2H3,(H2,22,23,24,25,29). The molecule has 2 aromatic carbocycles. The molecule has 8 heteroatoms. The fraction of sp³-hybridized carbons (Fsp3) is 0.190. The molecule has 0 unspecified atom stereocenters. The van der Waals surface area contributed by atoms with Crippen molar-refractivity contribution in [3.05, 3.63) is 59.2 Å². The number of hydrogen-bond donors (Lipinski definition) is 2. The number of carbonyl (C=O) groups excluding carboxylic acids is 2. The lowest BCUT2D eigenvalue weighted by Gasteiger charge is -2.16. The first-order valence-corrected chi connectivity index (χ1v) is 9.26. The summed E-state index contributed by atoms with van der Waals surface area (Å²) < 4.78 is 16.7. The van der Waals surface area contributed by atoms with E-state index in [0.717, 1.165) is 5.75 Å². The van der Waals surface area contributed by atoms with Crippen molar-refractivity contribution in [2.45, 2.75) is 6.92 Å². The predicted octanol–water partition coefficient (Wildman–Crippen LogP) is 2.38. The number of methoxy groups -OCH3 is 1. The molecule has 0 saturated carbocycles. The van der Waals surface area contributed by atoms with Crippen LogP contribution in [0.1, 0.15) is 11.1 Å². The summed E-state index contributed by atoms with van der Waals surface area (Å²) in [5, 5.41) is 4.78. The Morgan fingerprint density at radius 2 is 1.59 bits per heavy atom. The second-order valence-corrected chi connectivity index (χ2v) is 6.62. The van der Waals surface area contributed by atoms with Gasteiger partial charge in [-0.25, -0.2) is 0 Å².